The molecule has 0 heterocycles. The van der Waals surface area contributed by atoms with Crippen LogP contribution in [0.25, 0.3) is 0 Å². The lowest BCUT2D eigenvalue weighted by Crippen LogP contribution is -2.34. The Bertz CT molecular complexity index is 707. The van der Waals surface area contributed by atoms with Crippen molar-refractivity contribution in [2.45, 2.75) is 39.8 Å². The predicted molar refractivity (Wildman–Crippen MR) is 98.5 cm³/mol. The summed E-state index contributed by atoms with van der Waals surface area (Å²) in [7, 11) is 0. The molecule has 0 bridgehead atoms. The molecular formula is C20H24N2O3. The van der Waals surface area contributed by atoms with Crippen molar-refractivity contribution in [2.75, 3.05) is 5.32 Å². The van der Waals surface area contributed by atoms with E-state index in [1.54, 1.807) is 12.1 Å². The minimum Gasteiger partial charge on any atom is -0.491 e. The number of aryl methyl sites for hydroxylation is 1. The van der Waals surface area contributed by atoms with E-state index in [9.17, 15) is 9.59 Å². The molecule has 0 saturated heterocycles. The summed E-state index contributed by atoms with van der Waals surface area (Å²) in [6.45, 7) is 6.26. The maximum Gasteiger partial charge on any atom is 0.313 e. The van der Waals surface area contributed by atoms with Gasteiger partial charge in [-0.1, -0.05) is 31.2 Å². The lowest BCUT2D eigenvalue weighted by molar-refractivity contribution is -0.136. The van der Waals surface area contributed by atoms with Gasteiger partial charge in [0.15, 0.2) is 0 Å². The van der Waals surface area contributed by atoms with Crippen LogP contribution in [0.5, 0.6) is 5.75 Å². The van der Waals surface area contributed by atoms with Crippen LogP contribution in [-0.4, -0.2) is 17.9 Å². The van der Waals surface area contributed by atoms with E-state index in [-0.39, 0.29) is 12.6 Å². The Morgan fingerprint density at radius 1 is 0.920 bits per heavy atom. The first-order valence-electron chi connectivity index (χ1n) is 8.41. The molecule has 0 aliphatic heterocycles. The maximum absolute atomic E-state index is 11.9. The van der Waals surface area contributed by atoms with Crippen molar-refractivity contribution in [3.05, 3.63) is 59.7 Å². The Morgan fingerprint density at radius 3 is 2.08 bits per heavy atom. The van der Waals surface area contributed by atoms with E-state index in [1.807, 2.05) is 50.2 Å². The van der Waals surface area contributed by atoms with Crippen molar-refractivity contribution in [3.8, 4) is 5.75 Å². The van der Waals surface area contributed by atoms with Gasteiger partial charge in [0.1, 0.15) is 5.75 Å². The van der Waals surface area contributed by atoms with E-state index in [0.29, 0.717) is 5.69 Å². The number of anilines is 1. The molecule has 0 aromatic heterocycles. The van der Waals surface area contributed by atoms with Crippen molar-refractivity contribution in [3.63, 3.8) is 0 Å². The average molecular weight is 340 g/mol. The third-order valence-electron chi connectivity index (χ3n) is 3.57. The van der Waals surface area contributed by atoms with Gasteiger partial charge >= 0.3 is 11.8 Å². The largest absolute Gasteiger partial charge is 0.491 e. The van der Waals surface area contributed by atoms with Gasteiger partial charge in [-0.2, -0.15) is 0 Å². The zero-order chi connectivity index (χ0) is 18.2. The molecule has 0 aliphatic rings. The Morgan fingerprint density at radius 2 is 1.52 bits per heavy atom. The lowest BCUT2D eigenvalue weighted by atomic mass is 10.1. The van der Waals surface area contributed by atoms with Gasteiger partial charge in [-0.15, -0.1) is 0 Å². The number of carbonyl (C=O) groups is 2. The summed E-state index contributed by atoms with van der Waals surface area (Å²) in [5.74, 6) is -0.565. The zero-order valence-corrected chi connectivity index (χ0v) is 14.8. The molecule has 0 radical (unpaired) electrons. The Kier molecular flexibility index (Phi) is 6.57. The second kappa shape index (κ2) is 8.87. The van der Waals surface area contributed by atoms with Crippen molar-refractivity contribution >= 4 is 17.5 Å². The summed E-state index contributed by atoms with van der Waals surface area (Å²) >= 11 is 0. The van der Waals surface area contributed by atoms with Gasteiger partial charge in [0.25, 0.3) is 0 Å². The monoisotopic (exact) mass is 340 g/mol. The number of amides is 2. The lowest BCUT2D eigenvalue weighted by Gasteiger charge is -2.10. The van der Waals surface area contributed by atoms with Crippen molar-refractivity contribution in [2.24, 2.45) is 0 Å². The topological polar surface area (TPSA) is 67.4 Å². The number of carbonyl (C=O) groups excluding carboxylic acids is 2. The minimum absolute atomic E-state index is 0.112. The third-order valence-corrected chi connectivity index (χ3v) is 3.57. The predicted octanol–water partition coefficient (Wildman–Crippen LogP) is 3.29. The molecule has 2 aromatic rings. The molecule has 0 fully saturated rings. The van der Waals surface area contributed by atoms with E-state index < -0.39 is 11.8 Å². The van der Waals surface area contributed by atoms with E-state index in [1.165, 1.54) is 5.56 Å². The van der Waals surface area contributed by atoms with E-state index >= 15 is 0 Å². The molecule has 2 rings (SSSR count). The first-order chi connectivity index (χ1) is 12.0. The Labute approximate surface area is 148 Å². The highest BCUT2D eigenvalue weighted by Crippen LogP contribution is 2.14. The zero-order valence-electron chi connectivity index (χ0n) is 14.8. The summed E-state index contributed by atoms with van der Waals surface area (Å²) in [6.07, 6.45) is 1.04. The van der Waals surface area contributed by atoms with Crippen LogP contribution in [0.15, 0.2) is 48.5 Å². The van der Waals surface area contributed by atoms with Crippen molar-refractivity contribution in [1.82, 2.24) is 5.32 Å². The molecule has 0 atom stereocenters. The van der Waals surface area contributed by atoms with Crippen LogP contribution >= 0.6 is 0 Å². The molecule has 0 aliphatic carbocycles. The van der Waals surface area contributed by atoms with Gasteiger partial charge in [0.2, 0.25) is 0 Å². The average Bonchev–Trinajstić information content (AvgIpc) is 2.61. The van der Waals surface area contributed by atoms with Crippen LogP contribution in [0.1, 0.15) is 31.9 Å². The summed E-state index contributed by atoms with van der Waals surface area (Å²) in [4.78, 5) is 23.8. The molecule has 2 amide bonds. The highest BCUT2D eigenvalue weighted by atomic mass is 16.5. The molecule has 5 nitrogen and oxygen atoms in total. The molecule has 2 N–H and O–H groups in total. The second-order valence-electron chi connectivity index (χ2n) is 6.00. The van der Waals surface area contributed by atoms with Crippen LogP contribution in [-0.2, 0) is 22.6 Å². The Hall–Kier alpha value is -2.82. The summed E-state index contributed by atoms with van der Waals surface area (Å²) in [6, 6.07) is 14.8. The number of hydrogen-bond acceptors (Lipinski definition) is 3. The van der Waals surface area contributed by atoms with Gasteiger partial charge in [-0.25, -0.2) is 0 Å². The Balaban J connectivity index is 1.83. The molecule has 0 unspecified atom stereocenters. The fourth-order valence-electron chi connectivity index (χ4n) is 2.23. The van der Waals surface area contributed by atoms with Gasteiger partial charge < -0.3 is 15.4 Å². The van der Waals surface area contributed by atoms with Crippen LogP contribution in [0.4, 0.5) is 5.69 Å². The second-order valence-corrected chi connectivity index (χ2v) is 6.00. The fourth-order valence-corrected chi connectivity index (χ4v) is 2.23. The van der Waals surface area contributed by atoms with Crippen molar-refractivity contribution in [1.29, 1.82) is 0 Å². The summed E-state index contributed by atoms with van der Waals surface area (Å²) in [5.41, 5.74) is 2.67. The number of benzene rings is 2. The van der Waals surface area contributed by atoms with Gasteiger partial charge in [0, 0.05) is 12.2 Å². The molecule has 2 aromatic carbocycles. The first-order valence-corrected chi connectivity index (χ1v) is 8.41. The molecule has 132 valence electrons. The van der Waals surface area contributed by atoms with Crippen LogP contribution in [0.3, 0.4) is 0 Å². The first kappa shape index (κ1) is 18.5. The van der Waals surface area contributed by atoms with Gasteiger partial charge in [0.05, 0.1) is 6.10 Å². The quantitative estimate of drug-likeness (QED) is 0.793. The summed E-state index contributed by atoms with van der Waals surface area (Å²) < 4.78 is 5.56. The molecule has 5 heteroatoms. The van der Waals surface area contributed by atoms with Crippen LogP contribution in [0, 0.1) is 0 Å². The van der Waals surface area contributed by atoms with Crippen LogP contribution < -0.4 is 15.4 Å². The molecular weight excluding hydrogens is 316 g/mol. The highest BCUT2D eigenvalue weighted by Gasteiger charge is 2.13. The summed E-state index contributed by atoms with van der Waals surface area (Å²) in [5, 5.41) is 5.20. The number of hydrogen-bond donors (Lipinski definition) is 2. The third kappa shape index (κ3) is 5.95. The molecule has 0 spiro atoms. The number of ether oxygens (including phenoxy) is 1. The highest BCUT2D eigenvalue weighted by molar-refractivity contribution is 6.39. The SMILES string of the molecule is CCc1ccc(NC(=O)C(=O)NCc2ccc(OC(C)C)cc2)cc1. The smallest absolute Gasteiger partial charge is 0.313 e. The van der Waals surface area contributed by atoms with E-state index in [4.69, 9.17) is 4.74 Å². The molecule has 0 saturated carbocycles. The molecule has 25 heavy (non-hydrogen) atoms. The minimum atomic E-state index is -0.677. The van der Waals surface area contributed by atoms with E-state index in [0.717, 1.165) is 17.7 Å². The van der Waals surface area contributed by atoms with Gasteiger partial charge in [-0.05, 0) is 55.7 Å². The van der Waals surface area contributed by atoms with Crippen LogP contribution in [0.2, 0.25) is 0 Å². The fraction of sp³-hybridized carbons (Fsp3) is 0.300. The normalized spacial score (nSPS) is 10.4. The van der Waals surface area contributed by atoms with Gasteiger partial charge in [-0.3, -0.25) is 9.59 Å². The number of rotatable bonds is 6. The number of nitrogens with one attached hydrogen (secondary N) is 2. The van der Waals surface area contributed by atoms with Crippen molar-refractivity contribution < 1.29 is 14.3 Å². The van der Waals surface area contributed by atoms with E-state index in [2.05, 4.69) is 17.6 Å². The standard InChI is InChI=1S/C20H24N2O3/c1-4-15-5-9-17(10-6-15)22-20(24)19(23)21-13-16-7-11-18(12-8-16)25-14(2)3/h5-12,14H,4,13H2,1-3H3,(H,21,23)(H,22,24). The maximum atomic E-state index is 11.9.